The fraction of sp³-hybridized carbons (Fsp3) is 0.0714. The number of phenolic OH excluding ortho intramolecular Hbond substituents is 3. The Balaban J connectivity index is 1.95. The van der Waals surface area contributed by atoms with Gasteiger partial charge in [-0.05, 0) is 18.2 Å². The average molecular weight is 287 g/mol. The summed E-state index contributed by atoms with van der Waals surface area (Å²) in [5.74, 6) is -1.78. The number of nitrogens with one attached hydrogen (secondary N) is 1. The molecule has 0 atom stereocenters. The van der Waals surface area contributed by atoms with Gasteiger partial charge in [-0.3, -0.25) is 9.78 Å². The second-order valence-electron chi connectivity index (χ2n) is 4.13. The van der Waals surface area contributed by atoms with Crippen molar-refractivity contribution in [1.82, 2.24) is 10.4 Å². The van der Waals surface area contributed by atoms with E-state index in [0.29, 0.717) is 11.1 Å². The van der Waals surface area contributed by atoms with E-state index in [1.807, 2.05) is 0 Å². The van der Waals surface area contributed by atoms with Crippen LogP contribution in [0.25, 0.3) is 0 Å². The van der Waals surface area contributed by atoms with E-state index < -0.39 is 17.2 Å². The number of nitrogens with zero attached hydrogens (tertiary/aromatic N) is 2. The van der Waals surface area contributed by atoms with Crippen LogP contribution in [0.2, 0.25) is 0 Å². The minimum Gasteiger partial charge on any atom is -0.504 e. The minimum absolute atomic E-state index is 0.177. The number of hydrogen-bond donors (Lipinski definition) is 4. The standard InChI is InChI=1S/C14H13N3O4/c18-11-2-1-9(12(19)13(11)20)5-8-16-17-14(21)10-3-6-15-7-4-10/h1-4,6-8,18-20H,5H2,(H,17,21). The largest absolute Gasteiger partial charge is 0.504 e. The van der Waals surface area contributed by atoms with Crippen LogP contribution in [0.5, 0.6) is 17.2 Å². The Morgan fingerprint density at radius 1 is 1.14 bits per heavy atom. The summed E-state index contributed by atoms with van der Waals surface area (Å²) in [7, 11) is 0. The molecule has 0 spiro atoms. The van der Waals surface area contributed by atoms with Crippen molar-refractivity contribution in [2.75, 3.05) is 0 Å². The van der Waals surface area contributed by atoms with E-state index in [2.05, 4.69) is 15.5 Å². The smallest absolute Gasteiger partial charge is 0.271 e. The van der Waals surface area contributed by atoms with Crippen molar-refractivity contribution in [3.63, 3.8) is 0 Å². The molecule has 0 aliphatic rings. The van der Waals surface area contributed by atoms with Crippen LogP contribution >= 0.6 is 0 Å². The van der Waals surface area contributed by atoms with Crippen molar-refractivity contribution in [2.24, 2.45) is 5.10 Å². The first-order valence-corrected chi connectivity index (χ1v) is 6.04. The lowest BCUT2D eigenvalue weighted by atomic mass is 10.1. The SMILES string of the molecule is O=C(NN=CCc1ccc(O)c(O)c1O)c1ccncc1. The molecule has 0 saturated carbocycles. The molecule has 0 aliphatic carbocycles. The van der Waals surface area contributed by atoms with Gasteiger partial charge in [-0.15, -0.1) is 0 Å². The van der Waals surface area contributed by atoms with Crippen LogP contribution in [0.4, 0.5) is 0 Å². The van der Waals surface area contributed by atoms with Crippen LogP contribution in [-0.4, -0.2) is 32.4 Å². The minimum atomic E-state index is -0.582. The molecule has 1 amide bonds. The number of amides is 1. The fourth-order valence-corrected chi connectivity index (χ4v) is 1.59. The molecule has 4 N–H and O–H groups in total. The number of hydrogen-bond acceptors (Lipinski definition) is 6. The van der Waals surface area contributed by atoms with Gasteiger partial charge in [0.2, 0.25) is 5.75 Å². The van der Waals surface area contributed by atoms with Gasteiger partial charge < -0.3 is 15.3 Å². The second-order valence-corrected chi connectivity index (χ2v) is 4.13. The summed E-state index contributed by atoms with van der Waals surface area (Å²) in [6, 6.07) is 5.80. The van der Waals surface area contributed by atoms with Crippen molar-refractivity contribution in [1.29, 1.82) is 0 Å². The molecule has 7 nitrogen and oxygen atoms in total. The summed E-state index contributed by atoms with van der Waals surface area (Å²) in [5.41, 5.74) is 3.12. The van der Waals surface area contributed by atoms with Crippen LogP contribution in [0.15, 0.2) is 41.8 Å². The summed E-state index contributed by atoms with van der Waals surface area (Å²) in [5, 5.41) is 31.9. The number of hydrazone groups is 1. The first-order valence-electron chi connectivity index (χ1n) is 6.04. The molecule has 7 heteroatoms. The molecule has 1 heterocycles. The molecule has 2 aromatic rings. The second kappa shape index (κ2) is 6.38. The molecule has 0 bridgehead atoms. The number of aromatic nitrogens is 1. The Morgan fingerprint density at radius 3 is 2.57 bits per heavy atom. The highest BCUT2D eigenvalue weighted by atomic mass is 16.3. The van der Waals surface area contributed by atoms with Gasteiger partial charge in [0.05, 0.1) is 0 Å². The van der Waals surface area contributed by atoms with E-state index in [0.717, 1.165) is 0 Å². The molecule has 0 radical (unpaired) electrons. The summed E-state index contributed by atoms with van der Waals surface area (Å²) in [6.07, 6.45) is 4.53. The first kappa shape index (κ1) is 14.3. The number of rotatable bonds is 4. The summed E-state index contributed by atoms with van der Waals surface area (Å²) < 4.78 is 0. The molecule has 1 aromatic heterocycles. The maximum Gasteiger partial charge on any atom is 0.271 e. The fourth-order valence-electron chi connectivity index (χ4n) is 1.59. The van der Waals surface area contributed by atoms with E-state index in [4.69, 9.17) is 0 Å². The van der Waals surface area contributed by atoms with Crippen LogP contribution in [0, 0.1) is 0 Å². The van der Waals surface area contributed by atoms with E-state index in [-0.39, 0.29) is 12.3 Å². The number of carbonyl (C=O) groups is 1. The monoisotopic (exact) mass is 287 g/mol. The Hall–Kier alpha value is -3.09. The molecule has 108 valence electrons. The Kier molecular flexibility index (Phi) is 4.35. The molecule has 0 unspecified atom stereocenters. The van der Waals surface area contributed by atoms with E-state index in [1.54, 1.807) is 12.1 Å². The van der Waals surface area contributed by atoms with Crippen LogP contribution in [0.3, 0.4) is 0 Å². The van der Waals surface area contributed by atoms with Crippen molar-refractivity contribution in [3.05, 3.63) is 47.8 Å². The Morgan fingerprint density at radius 2 is 1.86 bits per heavy atom. The highest BCUT2D eigenvalue weighted by Gasteiger charge is 2.09. The zero-order valence-electron chi connectivity index (χ0n) is 10.9. The van der Waals surface area contributed by atoms with Crippen molar-refractivity contribution < 1.29 is 20.1 Å². The first-order chi connectivity index (χ1) is 10.1. The summed E-state index contributed by atoms with van der Waals surface area (Å²) in [4.78, 5) is 15.4. The summed E-state index contributed by atoms with van der Waals surface area (Å²) >= 11 is 0. The lowest BCUT2D eigenvalue weighted by molar-refractivity contribution is 0.0955. The van der Waals surface area contributed by atoms with Crippen molar-refractivity contribution >= 4 is 12.1 Å². The molecular weight excluding hydrogens is 274 g/mol. The van der Waals surface area contributed by atoms with Gasteiger partial charge >= 0.3 is 0 Å². The zero-order valence-corrected chi connectivity index (χ0v) is 10.9. The van der Waals surface area contributed by atoms with E-state index in [1.165, 1.54) is 30.7 Å². The highest BCUT2D eigenvalue weighted by molar-refractivity contribution is 5.94. The van der Waals surface area contributed by atoms with Gasteiger partial charge in [-0.1, -0.05) is 6.07 Å². The van der Waals surface area contributed by atoms with Crippen LogP contribution in [-0.2, 0) is 6.42 Å². The quantitative estimate of drug-likeness (QED) is 0.382. The van der Waals surface area contributed by atoms with Gasteiger partial charge in [0.1, 0.15) is 0 Å². The van der Waals surface area contributed by atoms with Gasteiger partial charge in [0.15, 0.2) is 11.5 Å². The number of pyridine rings is 1. The van der Waals surface area contributed by atoms with Crippen LogP contribution < -0.4 is 5.43 Å². The molecule has 0 aliphatic heterocycles. The molecule has 2 rings (SSSR count). The normalized spacial score (nSPS) is 10.7. The third-order valence-corrected chi connectivity index (χ3v) is 2.72. The number of aromatic hydroxyl groups is 3. The molecule has 21 heavy (non-hydrogen) atoms. The predicted molar refractivity (Wildman–Crippen MR) is 75.3 cm³/mol. The van der Waals surface area contributed by atoms with Gasteiger partial charge in [-0.25, -0.2) is 5.43 Å². The third kappa shape index (κ3) is 3.47. The molecule has 0 fully saturated rings. The topological polar surface area (TPSA) is 115 Å². The Bertz CT molecular complexity index is 671. The van der Waals surface area contributed by atoms with Crippen molar-refractivity contribution in [3.8, 4) is 17.2 Å². The third-order valence-electron chi connectivity index (χ3n) is 2.72. The predicted octanol–water partition coefficient (Wildman–Crippen LogP) is 1.16. The zero-order chi connectivity index (χ0) is 15.2. The van der Waals surface area contributed by atoms with Crippen molar-refractivity contribution in [2.45, 2.75) is 6.42 Å². The number of carbonyl (C=O) groups excluding carboxylic acids is 1. The van der Waals surface area contributed by atoms with Gasteiger partial charge in [0, 0.05) is 36.2 Å². The number of benzene rings is 1. The maximum atomic E-state index is 11.6. The van der Waals surface area contributed by atoms with E-state index in [9.17, 15) is 20.1 Å². The average Bonchev–Trinajstić information content (AvgIpc) is 2.51. The lowest BCUT2D eigenvalue weighted by Crippen LogP contribution is -2.17. The van der Waals surface area contributed by atoms with Crippen LogP contribution in [0.1, 0.15) is 15.9 Å². The van der Waals surface area contributed by atoms with E-state index >= 15 is 0 Å². The number of phenols is 3. The van der Waals surface area contributed by atoms with Gasteiger partial charge in [0.25, 0.3) is 5.91 Å². The maximum absolute atomic E-state index is 11.6. The highest BCUT2D eigenvalue weighted by Crippen LogP contribution is 2.36. The van der Waals surface area contributed by atoms with Gasteiger partial charge in [-0.2, -0.15) is 5.10 Å². The molecule has 1 aromatic carbocycles. The molecule has 0 saturated heterocycles. The molecular formula is C14H13N3O4. The lowest BCUT2D eigenvalue weighted by Gasteiger charge is -2.05. The Labute approximate surface area is 120 Å². The summed E-state index contributed by atoms with van der Waals surface area (Å²) in [6.45, 7) is 0.